The molecule has 0 bridgehead atoms. The van der Waals surface area contributed by atoms with Crippen molar-refractivity contribution in [2.45, 2.75) is 0 Å². The van der Waals surface area contributed by atoms with Crippen molar-refractivity contribution >= 4 is 101 Å². The zero-order valence-corrected chi connectivity index (χ0v) is 34.8. The third kappa shape index (κ3) is 5.72. The van der Waals surface area contributed by atoms with Crippen molar-refractivity contribution in [1.82, 2.24) is 0 Å². The summed E-state index contributed by atoms with van der Waals surface area (Å²) in [6, 6.07) is 85.6. The van der Waals surface area contributed by atoms with Crippen molar-refractivity contribution in [2.75, 3.05) is 4.90 Å². The summed E-state index contributed by atoms with van der Waals surface area (Å²) in [5, 5.41) is 11.9. The lowest BCUT2D eigenvalue weighted by atomic mass is 10.0. The molecule has 12 aromatic rings. The summed E-state index contributed by atoms with van der Waals surface area (Å²) < 4.78 is 13.5. The number of hydrogen-bond acceptors (Lipinski definition) is 3. The maximum Gasteiger partial charge on any atom is 0.179 e. The molecule has 0 N–H and O–H groups in total. The average molecular weight is 810 g/mol. The van der Waals surface area contributed by atoms with Gasteiger partial charge in [-0.25, -0.2) is 0 Å². The fourth-order valence-corrected chi connectivity index (χ4v) is 14.5. The van der Waals surface area contributed by atoms with E-state index in [0.717, 1.165) is 66.5 Å². The van der Waals surface area contributed by atoms with E-state index in [4.69, 9.17) is 8.83 Å². The Morgan fingerprint density at radius 2 is 0.790 bits per heavy atom. The van der Waals surface area contributed by atoms with Gasteiger partial charge in [0.25, 0.3) is 0 Å². The van der Waals surface area contributed by atoms with E-state index in [1.165, 1.54) is 37.1 Å². The highest BCUT2D eigenvalue weighted by Crippen LogP contribution is 2.48. The lowest BCUT2D eigenvalue weighted by Crippen LogP contribution is -2.74. The van der Waals surface area contributed by atoms with Crippen molar-refractivity contribution in [3.63, 3.8) is 0 Å². The number of hydrogen-bond donors (Lipinski definition) is 0. The molecule has 0 unspecified atom stereocenters. The minimum absolute atomic E-state index is 0.783. The second-order valence-corrected chi connectivity index (χ2v) is 19.8. The van der Waals surface area contributed by atoms with Crippen LogP contribution in [-0.2, 0) is 0 Å². The zero-order chi connectivity index (χ0) is 41.0. The van der Waals surface area contributed by atoms with E-state index in [-0.39, 0.29) is 0 Å². The summed E-state index contributed by atoms with van der Waals surface area (Å²) in [6.07, 6.45) is 0. The van der Waals surface area contributed by atoms with E-state index in [1.807, 2.05) is 18.2 Å². The van der Waals surface area contributed by atoms with Crippen molar-refractivity contribution in [3.05, 3.63) is 237 Å². The molecule has 0 saturated heterocycles. The Morgan fingerprint density at radius 1 is 0.323 bits per heavy atom. The van der Waals surface area contributed by atoms with Gasteiger partial charge in [0, 0.05) is 28.2 Å². The van der Waals surface area contributed by atoms with Crippen molar-refractivity contribution in [1.29, 1.82) is 0 Å². The van der Waals surface area contributed by atoms with Crippen LogP contribution in [0.25, 0.3) is 65.8 Å². The summed E-state index contributed by atoms with van der Waals surface area (Å²) in [7, 11) is -2.75. The summed E-state index contributed by atoms with van der Waals surface area (Å²) in [5.74, 6) is 0. The van der Waals surface area contributed by atoms with Gasteiger partial charge in [-0.05, 0) is 85.1 Å². The molecule has 0 atom stereocenters. The zero-order valence-electron chi connectivity index (χ0n) is 33.8. The minimum Gasteiger partial charge on any atom is -0.456 e. The van der Waals surface area contributed by atoms with Gasteiger partial charge >= 0.3 is 0 Å². The van der Waals surface area contributed by atoms with E-state index in [9.17, 15) is 0 Å². The van der Waals surface area contributed by atoms with Gasteiger partial charge in [0.2, 0.25) is 0 Å². The number of nitrogens with zero attached hydrogens (tertiary/aromatic N) is 1. The molecule has 0 spiro atoms. The van der Waals surface area contributed by atoms with Crippen LogP contribution in [-0.4, -0.2) is 8.07 Å². The van der Waals surface area contributed by atoms with Crippen LogP contribution in [0.15, 0.2) is 245 Å². The third-order valence-electron chi connectivity index (χ3n) is 12.6. The Kier molecular flexibility index (Phi) is 8.51. The molecule has 0 aliphatic carbocycles. The summed E-state index contributed by atoms with van der Waals surface area (Å²) in [6.45, 7) is 0. The SMILES string of the molecule is c1ccc([Si](c2ccccc2)(c2ccccc2)c2ccc(N(c3ccc(-c4ccc5ccccc5c4)cc3)c3cc4oc5ccccc5c4c4oc5ccccc5c34)cc2)cc1. The maximum absolute atomic E-state index is 6.84. The maximum atomic E-state index is 6.84. The van der Waals surface area contributed by atoms with Crippen LogP contribution < -0.4 is 25.6 Å². The second-order valence-electron chi connectivity index (χ2n) is 16.0. The van der Waals surface area contributed by atoms with Crippen LogP contribution in [0, 0.1) is 0 Å². The Bertz CT molecular complexity index is 3460. The minimum atomic E-state index is -2.75. The standard InChI is InChI=1S/C58H39NO2Si/c1-4-18-46(19-5-1)62(47-20-6-2-7-21-47,48-22-8-3-9-23-48)49-36-34-45(35-37-49)59(44-32-30-41(31-33-44)43-29-28-40-16-10-11-17-42(40)38-43)52-39-55-57(51-25-13-14-26-53(51)60-55)58-56(52)50-24-12-15-27-54(50)61-58/h1-39H. The molecule has 292 valence electrons. The van der Waals surface area contributed by atoms with Gasteiger partial charge in [-0.1, -0.05) is 188 Å². The first-order chi connectivity index (χ1) is 30.7. The second kappa shape index (κ2) is 14.7. The van der Waals surface area contributed by atoms with E-state index in [0.29, 0.717) is 0 Å². The molecule has 2 aromatic heterocycles. The summed E-state index contributed by atoms with van der Waals surface area (Å²) in [5.41, 5.74) is 8.67. The predicted octanol–water partition coefficient (Wildman–Crippen LogP) is 13.2. The highest BCUT2D eigenvalue weighted by Gasteiger charge is 2.41. The number of rotatable bonds is 8. The van der Waals surface area contributed by atoms with E-state index >= 15 is 0 Å². The lowest BCUT2D eigenvalue weighted by Gasteiger charge is -2.35. The lowest BCUT2D eigenvalue weighted by molar-refractivity contribution is 0.663. The summed E-state index contributed by atoms with van der Waals surface area (Å²) in [4.78, 5) is 2.38. The van der Waals surface area contributed by atoms with Gasteiger partial charge in [0.05, 0.1) is 16.5 Å². The van der Waals surface area contributed by atoms with Gasteiger partial charge in [-0.15, -0.1) is 0 Å². The predicted molar refractivity (Wildman–Crippen MR) is 262 cm³/mol. The number of benzene rings is 10. The first-order valence-corrected chi connectivity index (χ1v) is 23.2. The molecule has 62 heavy (non-hydrogen) atoms. The first kappa shape index (κ1) is 36.0. The fourth-order valence-electron chi connectivity index (χ4n) is 9.77. The van der Waals surface area contributed by atoms with E-state index < -0.39 is 8.07 Å². The van der Waals surface area contributed by atoms with Crippen LogP contribution in [0.3, 0.4) is 0 Å². The molecular formula is C58H39NO2Si. The van der Waals surface area contributed by atoms with Gasteiger partial charge in [0.15, 0.2) is 8.07 Å². The Balaban J connectivity index is 1.10. The van der Waals surface area contributed by atoms with Crippen LogP contribution in [0.1, 0.15) is 0 Å². The summed E-state index contributed by atoms with van der Waals surface area (Å²) >= 11 is 0. The molecule has 0 aliphatic heterocycles. The molecule has 0 saturated carbocycles. The largest absolute Gasteiger partial charge is 0.456 e. The quantitative estimate of drug-likeness (QED) is 0.113. The van der Waals surface area contributed by atoms with Crippen LogP contribution in [0.5, 0.6) is 0 Å². The molecule has 0 aliphatic rings. The normalized spacial score (nSPS) is 11.9. The molecular weight excluding hydrogens is 771 g/mol. The van der Waals surface area contributed by atoms with Gasteiger partial charge < -0.3 is 13.7 Å². The number of para-hydroxylation sites is 2. The third-order valence-corrected chi connectivity index (χ3v) is 17.4. The van der Waals surface area contributed by atoms with Crippen molar-refractivity contribution in [2.24, 2.45) is 0 Å². The van der Waals surface area contributed by atoms with Crippen LogP contribution >= 0.6 is 0 Å². The van der Waals surface area contributed by atoms with Gasteiger partial charge in [-0.3, -0.25) is 0 Å². The Hall–Kier alpha value is -7.92. The van der Waals surface area contributed by atoms with Crippen LogP contribution in [0.2, 0.25) is 0 Å². The molecule has 0 radical (unpaired) electrons. The molecule has 4 heteroatoms. The molecule has 12 rings (SSSR count). The van der Waals surface area contributed by atoms with Gasteiger partial charge in [0.1, 0.15) is 22.3 Å². The Labute approximate surface area is 360 Å². The van der Waals surface area contributed by atoms with Crippen LogP contribution in [0.4, 0.5) is 17.1 Å². The molecule has 0 fully saturated rings. The Morgan fingerprint density at radius 3 is 1.40 bits per heavy atom. The number of fused-ring (bicyclic) bond motifs is 8. The first-order valence-electron chi connectivity index (χ1n) is 21.2. The highest BCUT2D eigenvalue weighted by molar-refractivity contribution is 7.19. The smallest absolute Gasteiger partial charge is 0.179 e. The van der Waals surface area contributed by atoms with Crippen molar-refractivity contribution in [3.8, 4) is 11.1 Å². The topological polar surface area (TPSA) is 29.5 Å². The highest BCUT2D eigenvalue weighted by atomic mass is 28.3. The van der Waals surface area contributed by atoms with Gasteiger partial charge in [-0.2, -0.15) is 0 Å². The molecule has 2 heterocycles. The number of furan rings is 2. The van der Waals surface area contributed by atoms with E-state index in [1.54, 1.807) is 0 Å². The molecule has 0 amide bonds. The fraction of sp³-hybridized carbons (Fsp3) is 0. The van der Waals surface area contributed by atoms with Crippen molar-refractivity contribution < 1.29 is 8.83 Å². The monoisotopic (exact) mass is 809 g/mol. The average Bonchev–Trinajstić information content (AvgIpc) is 3.92. The van der Waals surface area contributed by atoms with E-state index in [2.05, 4.69) is 223 Å². The number of anilines is 3. The molecule has 3 nitrogen and oxygen atoms in total. The molecule has 10 aromatic carbocycles.